The summed E-state index contributed by atoms with van der Waals surface area (Å²) in [7, 11) is 0. The summed E-state index contributed by atoms with van der Waals surface area (Å²) in [5.74, 6) is -0.146. The molecule has 0 heterocycles. The van der Waals surface area contributed by atoms with Crippen molar-refractivity contribution in [2.24, 2.45) is 0 Å². The molecule has 0 bridgehead atoms. The molecule has 0 saturated heterocycles. The van der Waals surface area contributed by atoms with Crippen molar-refractivity contribution < 1.29 is 9.53 Å². The second-order valence-corrected chi connectivity index (χ2v) is 6.89. The molecule has 0 fully saturated rings. The van der Waals surface area contributed by atoms with Gasteiger partial charge < -0.3 is 0 Å². The van der Waals surface area contributed by atoms with Gasteiger partial charge in [0.2, 0.25) is 0 Å². The molecule has 0 saturated carbocycles. The van der Waals surface area contributed by atoms with Crippen LogP contribution in [0.15, 0.2) is 40.9 Å². The minimum atomic E-state index is -0.146. The topological polar surface area (TPSA) is 26.3 Å². The summed E-state index contributed by atoms with van der Waals surface area (Å²) < 4.78 is 7.23. The van der Waals surface area contributed by atoms with Gasteiger partial charge in [-0.3, -0.25) is 0 Å². The van der Waals surface area contributed by atoms with Crippen LogP contribution in [-0.4, -0.2) is 27.5 Å². The molecule has 0 unspecified atom stereocenters. The third-order valence-electron chi connectivity index (χ3n) is 2.84. The molecule has 1 aromatic carbocycles. The van der Waals surface area contributed by atoms with E-state index in [1.807, 2.05) is 25.1 Å². The second-order valence-electron chi connectivity index (χ2n) is 4.55. The second kappa shape index (κ2) is 10.7. The van der Waals surface area contributed by atoms with Gasteiger partial charge in [0.15, 0.2) is 0 Å². The number of hydrogen-bond donors (Lipinski definition) is 0. The first-order valence-corrected chi connectivity index (χ1v) is 9.09. The number of unbranched alkanes of at least 4 members (excludes halogenated alkanes) is 4. The van der Waals surface area contributed by atoms with Gasteiger partial charge in [-0.15, -0.1) is 0 Å². The molecule has 0 atom stereocenters. The minimum absolute atomic E-state index is 0.0400. The van der Waals surface area contributed by atoms with Crippen molar-refractivity contribution >= 4 is 25.4 Å². The van der Waals surface area contributed by atoms with Crippen molar-refractivity contribution in [2.75, 3.05) is 6.61 Å². The van der Waals surface area contributed by atoms with E-state index < -0.39 is 0 Å². The number of rotatable bonds is 9. The van der Waals surface area contributed by atoms with E-state index in [4.69, 9.17) is 4.74 Å². The Kier molecular flexibility index (Phi) is 9.10. The number of benzene rings is 1. The molecule has 0 spiro atoms. The van der Waals surface area contributed by atoms with Gasteiger partial charge >= 0.3 is 128 Å². The van der Waals surface area contributed by atoms with Crippen molar-refractivity contribution in [1.82, 2.24) is 0 Å². The average molecular weight is 339 g/mol. The normalized spacial score (nSPS) is 11.4. The van der Waals surface area contributed by atoms with E-state index in [0.29, 0.717) is 6.61 Å². The number of allylic oxidation sites excluding steroid dienone is 1. The Morgan fingerprint density at radius 1 is 1.15 bits per heavy atom. The first-order valence-electron chi connectivity index (χ1n) is 7.38. The van der Waals surface area contributed by atoms with Gasteiger partial charge in [-0.25, -0.2) is 0 Å². The molecule has 110 valence electrons. The number of esters is 1. The Hall–Kier alpha value is -1.05. The predicted molar refractivity (Wildman–Crippen MR) is 85.3 cm³/mol. The van der Waals surface area contributed by atoms with Crippen LogP contribution in [0.2, 0.25) is 0 Å². The van der Waals surface area contributed by atoms with E-state index in [1.54, 1.807) is 0 Å². The van der Waals surface area contributed by atoms with Crippen LogP contribution in [0.3, 0.4) is 0 Å². The molecule has 1 rings (SSSR count). The third kappa shape index (κ3) is 6.93. The van der Waals surface area contributed by atoms with Crippen molar-refractivity contribution in [3.8, 4) is 0 Å². The number of carbonyl (C=O) groups excluding carboxylic acids is 1. The van der Waals surface area contributed by atoms with Crippen molar-refractivity contribution in [3.05, 3.63) is 40.9 Å². The Labute approximate surface area is 128 Å². The summed E-state index contributed by atoms with van der Waals surface area (Å²) in [6.07, 6.45) is 7.96. The zero-order chi connectivity index (χ0) is 14.6. The molecule has 0 N–H and O–H groups in total. The van der Waals surface area contributed by atoms with Gasteiger partial charge in [0.05, 0.1) is 0 Å². The SMILES string of the molecule is CCCCCC/C=C(/[Se]c1ccccc1)C(=O)OCC. The van der Waals surface area contributed by atoms with Gasteiger partial charge in [0, 0.05) is 0 Å². The summed E-state index contributed by atoms with van der Waals surface area (Å²) in [6, 6.07) is 10.2. The average Bonchev–Trinajstić information content (AvgIpc) is 2.47. The van der Waals surface area contributed by atoms with Crippen LogP contribution in [0, 0.1) is 0 Å². The Balaban J connectivity index is 2.60. The van der Waals surface area contributed by atoms with Gasteiger partial charge in [0.1, 0.15) is 0 Å². The monoisotopic (exact) mass is 340 g/mol. The van der Waals surface area contributed by atoms with Crippen LogP contribution in [-0.2, 0) is 9.53 Å². The fraction of sp³-hybridized carbons (Fsp3) is 0.471. The maximum absolute atomic E-state index is 12.0. The molecule has 0 radical (unpaired) electrons. The van der Waals surface area contributed by atoms with Crippen molar-refractivity contribution in [3.63, 3.8) is 0 Å². The van der Waals surface area contributed by atoms with E-state index in [2.05, 4.69) is 25.1 Å². The number of carbonyl (C=O) groups is 1. The quantitative estimate of drug-likeness (QED) is 0.298. The van der Waals surface area contributed by atoms with Gasteiger partial charge in [0.25, 0.3) is 0 Å². The first-order chi connectivity index (χ1) is 9.77. The molecule has 0 amide bonds. The van der Waals surface area contributed by atoms with Crippen LogP contribution >= 0.6 is 0 Å². The first kappa shape index (κ1) is 17.0. The molecule has 2 nitrogen and oxygen atoms in total. The molecule has 0 aliphatic rings. The van der Waals surface area contributed by atoms with E-state index in [1.165, 1.54) is 23.7 Å². The van der Waals surface area contributed by atoms with Gasteiger partial charge in [-0.2, -0.15) is 0 Å². The van der Waals surface area contributed by atoms with E-state index in [0.717, 1.165) is 17.3 Å². The zero-order valence-corrected chi connectivity index (χ0v) is 14.1. The van der Waals surface area contributed by atoms with Crippen LogP contribution < -0.4 is 4.46 Å². The molecule has 3 heteroatoms. The van der Waals surface area contributed by atoms with E-state index in [9.17, 15) is 4.79 Å². The molecular weight excluding hydrogens is 315 g/mol. The van der Waals surface area contributed by atoms with Crippen molar-refractivity contribution in [1.29, 1.82) is 0 Å². The zero-order valence-electron chi connectivity index (χ0n) is 12.4. The number of hydrogen-bond acceptors (Lipinski definition) is 2. The standard InChI is InChI=1S/C17H24O2Se/c1-3-5-6-7-11-14-16(17(18)19-4-2)20-15-12-9-8-10-13-15/h8-10,12-14H,3-7,11H2,1-2H3/b16-14+. The van der Waals surface area contributed by atoms with Crippen LogP contribution in [0.25, 0.3) is 0 Å². The third-order valence-corrected chi connectivity index (χ3v) is 5.06. The summed E-state index contributed by atoms with van der Waals surface area (Å²) in [5, 5.41) is 0. The van der Waals surface area contributed by atoms with Gasteiger partial charge in [-0.1, -0.05) is 0 Å². The fourth-order valence-electron chi connectivity index (χ4n) is 1.79. The fourth-order valence-corrected chi connectivity index (χ4v) is 3.66. The predicted octanol–water partition coefficient (Wildman–Crippen LogP) is 3.43. The molecule has 0 aliphatic heterocycles. The molecular formula is C17H24O2Se. The maximum atomic E-state index is 12.0. The molecule has 0 aromatic heterocycles. The Morgan fingerprint density at radius 3 is 2.55 bits per heavy atom. The summed E-state index contributed by atoms with van der Waals surface area (Å²) in [4.78, 5) is 12.0. The van der Waals surface area contributed by atoms with Crippen LogP contribution in [0.5, 0.6) is 0 Å². The number of ether oxygens (including phenoxy) is 1. The molecule has 0 aliphatic carbocycles. The summed E-state index contributed by atoms with van der Waals surface area (Å²) >= 11 is 0.0400. The molecule has 20 heavy (non-hydrogen) atoms. The van der Waals surface area contributed by atoms with Crippen LogP contribution in [0.1, 0.15) is 46.0 Å². The van der Waals surface area contributed by atoms with E-state index >= 15 is 0 Å². The molecule has 1 aromatic rings. The summed E-state index contributed by atoms with van der Waals surface area (Å²) in [6.45, 7) is 4.50. The Morgan fingerprint density at radius 2 is 1.90 bits per heavy atom. The van der Waals surface area contributed by atoms with Gasteiger partial charge in [-0.05, 0) is 0 Å². The Bertz CT molecular complexity index is 412. The van der Waals surface area contributed by atoms with Crippen molar-refractivity contribution in [2.45, 2.75) is 46.0 Å². The summed E-state index contributed by atoms with van der Waals surface area (Å²) in [5.41, 5.74) is 0. The van der Waals surface area contributed by atoms with Crippen LogP contribution in [0.4, 0.5) is 0 Å². The van der Waals surface area contributed by atoms with E-state index in [-0.39, 0.29) is 20.9 Å².